The highest BCUT2D eigenvalue weighted by molar-refractivity contribution is 8.13. The highest BCUT2D eigenvalue weighted by Crippen LogP contribution is 2.47. The molecule has 1 unspecified atom stereocenters. The number of hydrogen-bond donors (Lipinski definition) is 3. The van der Waals surface area contributed by atoms with Crippen LogP contribution in [0.2, 0.25) is 0 Å². The molecule has 4 heterocycles. The third-order valence-corrected chi connectivity index (χ3v) is 8.64. The van der Waals surface area contributed by atoms with Crippen molar-refractivity contribution in [3.63, 3.8) is 0 Å². The molecule has 2 aromatic heterocycles. The molecule has 206 valence electrons. The normalized spacial score (nSPS) is 23.5. The summed E-state index contributed by atoms with van der Waals surface area (Å²) in [7, 11) is 0. The number of nitrogens with one attached hydrogen (secondary N) is 2. The molecule has 2 aliphatic rings. The number of carbonyl (C=O) groups is 1. The van der Waals surface area contributed by atoms with E-state index in [-0.39, 0.29) is 29.4 Å². The van der Waals surface area contributed by atoms with Crippen molar-refractivity contribution >= 4 is 40.0 Å². The van der Waals surface area contributed by atoms with Gasteiger partial charge in [0.2, 0.25) is 0 Å². The Morgan fingerprint density at radius 2 is 2.10 bits per heavy atom. The highest BCUT2D eigenvalue weighted by atomic mass is 32.2. The van der Waals surface area contributed by atoms with Gasteiger partial charge in [0.05, 0.1) is 24.6 Å². The van der Waals surface area contributed by atoms with Crippen molar-refractivity contribution in [1.29, 1.82) is 0 Å². The van der Waals surface area contributed by atoms with Gasteiger partial charge in [0, 0.05) is 22.6 Å². The van der Waals surface area contributed by atoms with Crippen LogP contribution in [0.1, 0.15) is 46.2 Å². The molecule has 1 aromatic carbocycles. The number of amides is 1. The number of aliphatic hydroxyl groups excluding tert-OH is 1. The molecule has 1 fully saturated rings. The van der Waals surface area contributed by atoms with Crippen molar-refractivity contribution in [3.05, 3.63) is 69.8 Å². The molecule has 0 aliphatic carbocycles. The van der Waals surface area contributed by atoms with Gasteiger partial charge >= 0.3 is 6.61 Å². The van der Waals surface area contributed by atoms with E-state index in [0.29, 0.717) is 33.7 Å². The highest BCUT2D eigenvalue weighted by Gasteiger charge is 2.50. The van der Waals surface area contributed by atoms with Gasteiger partial charge in [-0.1, -0.05) is 30.0 Å². The average molecular weight is 576 g/mol. The summed E-state index contributed by atoms with van der Waals surface area (Å²) in [5.74, 6) is 0.959. The zero-order chi connectivity index (χ0) is 27.6. The Hall–Kier alpha value is -3.13. The van der Waals surface area contributed by atoms with Crippen LogP contribution in [0.15, 0.2) is 53.0 Å². The number of aliphatic imine (C=N–C) groups is 1. The number of hydrogen-bond acceptors (Lipinski definition) is 10. The number of thioether (sulfide) groups is 1. The number of anilines is 1. The van der Waals surface area contributed by atoms with Crippen LogP contribution in [-0.2, 0) is 10.3 Å². The van der Waals surface area contributed by atoms with Crippen molar-refractivity contribution in [2.45, 2.75) is 44.8 Å². The Morgan fingerprint density at radius 3 is 2.85 bits per heavy atom. The van der Waals surface area contributed by atoms with Crippen LogP contribution in [0.4, 0.5) is 14.6 Å². The number of amidine groups is 1. The minimum atomic E-state index is -2.96. The number of fused-ring (bicyclic) bond motifs is 1. The number of aromatic nitrogens is 2. The number of aryl methyl sites for hydroxylation is 1. The summed E-state index contributed by atoms with van der Waals surface area (Å²) in [4.78, 5) is 26.6. The van der Waals surface area contributed by atoms with E-state index in [1.165, 1.54) is 29.2 Å². The van der Waals surface area contributed by atoms with Gasteiger partial charge in [-0.2, -0.15) is 8.78 Å². The third kappa shape index (κ3) is 6.06. The summed E-state index contributed by atoms with van der Waals surface area (Å²) in [6.07, 6.45) is 0.764. The first kappa shape index (κ1) is 27.4. The number of ether oxygens (including phenoxy) is 2. The zero-order valence-corrected chi connectivity index (χ0v) is 22.8. The van der Waals surface area contributed by atoms with Crippen molar-refractivity contribution in [1.82, 2.24) is 15.3 Å². The standard InChI is InChI=1S/C26H27F2N5O4S2/c1-14-8-18(37-24(27)28)10-29-20(14)22(35)30-19-12-38-23(31-19)26-13-36-15(2)9-17(26)11-39-25(33-26)32-21(34)16-6-4-3-5-7-16/h3-8,10,12,15,17,22,24,30,35H,9,11,13H2,1-2H3,(H,32,33,34)/t15-,17-,22?,26-/m0/s1. The fraction of sp³-hybridized carbons (Fsp3) is 0.385. The fourth-order valence-corrected chi connectivity index (χ4v) is 6.77. The lowest BCUT2D eigenvalue weighted by atomic mass is 9.80. The Bertz CT molecular complexity index is 1360. The predicted octanol–water partition coefficient (Wildman–Crippen LogP) is 4.70. The second-order valence-corrected chi connectivity index (χ2v) is 11.2. The molecule has 9 nitrogen and oxygen atoms in total. The van der Waals surface area contributed by atoms with Gasteiger partial charge in [-0.3, -0.25) is 9.78 Å². The van der Waals surface area contributed by atoms with Crippen LogP contribution >= 0.6 is 23.1 Å². The van der Waals surface area contributed by atoms with E-state index in [4.69, 9.17) is 14.7 Å². The first-order chi connectivity index (χ1) is 18.7. The zero-order valence-electron chi connectivity index (χ0n) is 21.1. The van der Waals surface area contributed by atoms with Gasteiger partial charge in [-0.05, 0) is 44.0 Å². The quantitative estimate of drug-likeness (QED) is 0.347. The van der Waals surface area contributed by atoms with Crippen LogP contribution in [0.5, 0.6) is 5.75 Å². The van der Waals surface area contributed by atoms with Gasteiger partial charge in [-0.25, -0.2) is 9.98 Å². The molecule has 3 N–H and O–H groups in total. The molecular weight excluding hydrogens is 548 g/mol. The SMILES string of the molecule is Cc1cc(OC(F)F)cnc1C(O)Nc1csc([C@]23CO[C@@H](C)C[C@H]2CSC(NC(=O)c2ccccc2)=N3)n1. The molecule has 0 spiro atoms. The smallest absolute Gasteiger partial charge is 0.387 e. The topological polar surface area (TPSA) is 118 Å². The number of halogens is 2. The molecule has 0 radical (unpaired) electrons. The summed E-state index contributed by atoms with van der Waals surface area (Å²) in [5, 5.41) is 19.6. The first-order valence-corrected chi connectivity index (χ1v) is 14.1. The maximum atomic E-state index is 12.8. The largest absolute Gasteiger partial charge is 0.433 e. The summed E-state index contributed by atoms with van der Waals surface area (Å²) in [5.41, 5.74) is 0.493. The Labute approximate surface area is 232 Å². The van der Waals surface area contributed by atoms with E-state index in [1.54, 1.807) is 36.6 Å². The van der Waals surface area contributed by atoms with Crippen molar-refractivity contribution in [2.75, 3.05) is 17.7 Å². The number of thiazole rings is 1. The number of nitrogens with zero attached hydrogens (tertiary/aromatic N) is 3. The molecule has 3 aromatic rings. The van der Waals surface area contributed by atoms with E-state index in [0.717, 1.165) is 18.4 Å². The second kappa shape index (κ2) is 11.5. The van der Waals surface area contributed by atoms with Crippen molar-refractivity contribution in [2.24, 2.45) is 10.9 Å². The maximum Gasteiger partial charge on any atom is 0.387 e. The van der Waals surface area contributed by atoms with Gasteiger partial charge in [0.1, 0.15) is 22.1 Å². The van der Waals surface area contributed by atoms with Crippen LogP contribution in [0.25, 0.3) is 0 Å². The van der Waals surface area contributed by atoms with Crippen LogP contribution in [0.3, 0.4) is 0 Å². The van der Waals surface area contributed by atoms with Crippen LogP contribution in [0, 0.1) is 12.8 Å². The predicted molar refractivity (Wildman–Crippen MR) is 145 cm³/mol. The molecule has 1 saturated heterocycles. The molecule has 1 amide bonds. The summed E-state index contributed by atoms with van der Waals surface area (Å²) in [6.45, 7) is 1.02. The lowest BCUT2D eigenvalue weighted by molar-refractivity contribution is -0.0501. The maximum absolute atomic E-state index is 12.8. The monoisotopic (exact) mass is 575 g/mol. The molecule has 13 heteroatoms. The number of carbonyl (C=O) groups excluding carboxylic acids is 1. The van der Waals surface area contributed by atoms with E-state index >= 15 is 0 Å². The lowest BCUT2D eigenvalue weighted by Crippen LogP contribution is -2.50. The van der Waals surface area contributed by atoms with Crippen molar-refractivity contribution in [3.8, 4) is 5.75 Å². The molecule has 39 heavy (non-hydrogen) atoms. The van der Waals surface area contributed by atoms with Crippen molar-refractivity contribution < 1.29 is 28.2 Å². The Morgan fingerprint density at radius 1 is 1.31 bits per heavy atom. The molecule has 2 aliphatic heterocycles. The number of benzene rings is 1. The van der Waals surface area contributed by atoms with E-state index in [9.17, 15) is 18.7 Å². The molecular formula is C26H27F2N5O4S2. The average Bonchev–Trinajstić information content (AvgIpc) is 3.38. The summed E-state index contributed by atoms with van der Waals surface area (Å²) < 4.78 is 35.4. The number of aliphatic hydroxyl groups is 1. The van der Waals surface area contributed by atoms with Gasteiger partial charge in [0.25, 0.3) is 5.91 Å². The first-order valence-electron chi connectivity index (χ1n) is 12.3. The minimum Gasteiger partial charge on any atom is -0.433 e. The Kier molecular flexibility index (Phi) is 8.12. The molecule has 0 saturated carbocycles. The van der Waals surface area contributed by atoms with E-state index in [2.05, 4.69) is 20.4 Å². The second-order valence-electron chi connectivity index (χ2n) is 9.36. The Balaban J connectivity index is 1.37. The summed E-state index contributed by atoms with van der Waals surface area (Å²) in [6, 6.07) is 10.3. The van der Waals surface area contributed by atoms with Gasteiger partial charge < -0.3 is 25.2 Å². The lowest BCUT2D eigenvalue weighted by Gasteiger charge is -2.44. The van der Waals surface area contributed by atoms with E-state index in [1.807, 2.05) is 13.0 Å². The third-order valence-electron chi connectivity index (χ3n) is 6.60. The number of alkyl halides is 2. The van der Waals surface area contributed by atoms with Crippen LogP contribution in [-0.4, -0.2) is 51.2 Å². The molecule has 0 bridgehead atoms. The summed E-state index contributed by atoms with van der Waals surface area (Å²) >= 11 is 2.89. The fourth-order valence-electron chi connectivity index (χ4n) is 4.64. The minimum absolute atomic E-state index is 0.0739. The van der Waals surface area contributed by atoms with Crippen LogP contribution < -0.4 is 15.4 Å². The van der Waals surface area contributed by atoms with Gasteiger partial charge in [-0.15, -0.1) is 11.3 Å². The molecule has 4 atom stereocenters. The number of rotatable bonds is 7. The van der Waals surface area contributed by atoms with E-state index < -0.39 is 18.4 Å². The van der Waals surface area contributed by atoms with Gasteiger partial charge in [0.15, 0.2) is 11.4 Å². The molecule has 5 rings (SSSR count). The number of pyridine rings is 1.